The summed E-state index contributed by atoms with van der Waals surface area (Å²) in [5.74, 6) is -0.586. The molecule has 1 saturated heterocycles. The topological polar surface area (TPSA) is 113 Å². The molecule has 11 heteroatoms. The van der Waals surface area contributed by atoms with Crippen molar-refractivity contribution >= 4 is 21.6 Å². The van der Waals surface area contributed by atoms with Crippen LogP contribution in [0.2, 0.25) is 0 Å². The van der Waals surface area contributed by atoms with Gasteiger partial charge in [-0.25, -0.2) is 12.8 Å². The molecule has 1 atom stereocenters. The van der Waals surface area contributed by atoms with Crippen molar-refractivity contribution in [2.24, 2.45) is 0 Å². The van der Waals surface area contributed by atoms with E-state index in [9.17, 15) is 27.7 Å². The molecule has 1 amide bonds. The molecule has 2 aromatic rings. The van der Waals surface area contributed by atoms with Crippen LogP contribution in [-0.4, -0.2) is 60.7 Å². The Kier molecular flexibility index (Phi) is 6.22. The fraction of sp³-hybridized carbons (Fsp3) is 0.381. The maximum absolute atomic E-state index is 13.4. The molecule has 1 saturated carbocycles. The van der Waals surface area contributed by atoms with Gasteiger partial charge in [0.1, 0.15) is 11.9 Å². The summed E-state index contributed by atoms with van der Waals surface area (Å²) in [7, 11) is -3.91. The first-order valence-corrected chi connectivity index (χ1v) is 11.7. The molecule has 1 aliphatic carbocycles. The average molecular weight is 463 g/mol. The number of benzene rings is 2. The van der Waals surface area contributed by atoms with Gasteiger partial charge in [-0.05, 0) is 36.6 Å². The maximum atomic E-state index is 13.4. The van der Waals surface area contributed by atoms with E-state index in [1.54, 1.807) is 12.1 Å². The van der Waals surface area contributed by atoms with Gasteiger partial charge in [0.05, 0.1) is 9.82 Å². The Labute approximate surface area is 185 Å². The van der Waals surface area contributed by atoms with Gasteiger partial charge in [-0.1, -0.05) is 18.2 Å². The van der Waals surface area contributed by atoms with Gasteiger partial charge in [0.25, 0.3) is 5.69 Å². The minimum absolute atomic E-state index is 0.124. The molecule has 0 spiro atoms. The van der Waals surface area contributed by atoms with Crippen LogP contribution in [0.15, 0.2) is 53.4 Å². The molecule has 2 aromatic carbocycles. The van der Waals surface area contributed by atoms with Gasteiger partial charge in [-0.15, -0.1) is 0 Å². The van der Waals surface area contributed by atoms with Crippen LogP contribution in [0.1, 0.15) is 24.4 Å². The molecular weight excluding hydrogens is 439 g/mol. The Bertz CT molecular complexity index is 1110. The average Bonchev–Trinajstić information content (AvgIpc) is 3.60. The highest BCUT2D eigenvalue weighted by atomic mass is 32.2. The number of hydrogen-bond acceptors (Lipinski definition) is 6. The van der Waals surface area contributed by atoms with Crippen molar-refractivity contribution in [3.05, 3.63) is 70.0 Å². The predicted octanol–water partition coefficient (Wildman–Crippen LogP) is 2.06. The molecule has 0 radical (unpaired) electrons. The Morgan fingerprint density at radius 1 is 1.09 bits per heavy atom. The third kappa shape index (κ3) is 4.79. The van der Waals surface area contributed by atoms with E-state index in [2.05, 4.69) is 5.32 Å². The van der Waals surface area contributed by atoms with Crippen LogP contribution in [0, 0.1) is 15.9 Å². The lowest BCUT2D eigenvalue weighted by molar-refractivity contribution is -0.385. The first-order valence-electron chi connectivity index (χ1n) is 10.3. The van der Waals surface area contributed by atoms with E-state index in [4.69, 9.17) is 0 Å². The van der Waals surface area contributed by atoms with Crippen molar-refractivity contribution in [1.82, 2.24) is 14.5 Å². The summed E-state index contributed by atoms with van der Waals surface area (Å²) in [6.45, 7) is 0.821. The van der Waals surface area contributed by atoms with Gasteiger partial charge in [0.2, 0.25) is 15.9 Å². The van der Waals surface area contributed by atoms with E-state index in [-0.39, 0.29) is 48.7 Å². The highest BCUT2D eigenvalue weighted by Gasteiger charge is 2.36. The molecule has 2 fully saturated rings. The van der Waals surface area contributed by atoms with Gasteiger partial charge < -0.3 is 5.32 Å². The van der Waals surface area contributed by atoms with E-state index in [1.807, 2.05) is 4.90 Å². The molecule has 1 N–H and O–H groups in total. The van der Waals surface area contributed by atoms with E-state index in [0.29, 0.717) is 5.56 Å². The number of piperazine rings is 1. The van der Waals surface area contributed by atoms with Crippen LogP contribution in [0.25, 0.3) is 0 Å². The van der Waals surface area contributed by atoms with Gasteiger partial charge in [0.15, 0.2) is 0 Å². The third-order valence-electron chi connectivity index (χ3n) is 5.66. The summed E-state index contributed by atoms with van der Waals surface area (Å²) in [6.07, 6.45) is 1.86. The second kappa shape index (κ2) is 8.93. The Hall–Kier alpha value is -2.89. The summed E-state index contributed by atoms with van der Waals surface area (Å²) in [5, 5.41) is 14.0. The molecule has 1 heterocycles. The number of carbonyl (C=O) groups is 1. The second-order valence-electron chi connectivity index (χ2n) is 7.93. The smallest absolute Gasteiger partial charge is 0.270 e. The van der Waals surface area contributed by atoms with Gasteiger partial charge >= 0.3 is 0 Å². The number of sulfonamides is 1. The van der Waals surface area contributed by atoms with Gasteiger partial charge in [-0.2, -0.15) is 4.31 Å². The SMILES string of the molecule is O=C(NC1CC1)C(c1ccc(F)cc1)N1CCN(S(=O)(=O)c2cccc([N+](=O)[O-])c2)CC1. The van der Waals surface area contributed by atoms with Gasteiger partial charge in [0, 0.05) is 44.4 Å². The lowest BCUT2D eigenvalue weighted by Gasteiger charge is -2.38. The van der Waals surface area contributed by atoms with Crippen molar-refractivity contribution in [1.29, 1.82) is 0 Å². The third-order valence-corrected chi connectivity index (χ3v) is 7.56. The van der Waals surface area contributed by atoms with E-state index in [1.165, 1.54) is 34.6 Å². The summed E-state index contributed by atoms with van der Waals surface area (Å²) >= 11 is 0. The van der Waals surface area contributed by atoms with Gasteiger partial charge in [-0.3, -0.25) is 19.8 Å². The fourth-order valence-corrected chi connectivity index (χ4v) is 5.25. The number of nitro benzene ring substituents is 1. The summed E-state index contributed by atoms with van der Waals surface area (Å²) in [4.78, 5) is 25.0. The largest absolute Gasteiger partial charge is 0.352 e. The molecule has 4 rings (SSSR count). The molecule has 0 bridgehead atoms. The van der Waals surface area contributed by atoms with Crippen molar-refractivity contribution in [3.63, 3.8) is 0 Å². The summed E-state index contributed by atoms with van der Waals surface area (Å²) in [5.41, 5.74) is 0.345. The number of nitrogens with zero attached hydrogens (tertiary/aromatic N) is 3. The zero-order valence-corrected chi connectivity index (χ0v) is 18.0. The quantitative estimate of drug-likeness (QED) is 0.498. The lowest BCUT2D eigenvalue weighted by Crippen LogP contribution is -2.52. The van der Waals surface area contributed by atoms with E-state index >= 15 is 0 Å². The first kappa shape index (κ1) is 22.3. The summed E-state index contributed by atoms with van der Waals surface area (Å²) in [6, 6.07) is 10.2. The predicted molar refractivity (Wildman–Crippen MR) is 114 cm³/mol. The number of amides is 1. The second-order valence-corrected chi connectivity index (χ2v) is 9.87. The number of carbonyl (C=O) groups excluding carboxylic acids is 1. The number of nitrogens with one attached hydrogen (secondary N) is 1. The van der Waals surface area contributed by atoms with Crippen molar-refractivity contribution in [2.45, 2.75) is 29.8 Å². The Balaban J connectivity index is 1.51. The highest BCUT2D eigenvalue weighted by molar-refractivity contribution is 7.89. The van der Waals surface area contributed by atoms with E-state index in [0.717, 1.165) is 18.9 Å². The monoisotopic (exact) mass is 462 g/mol. The Morgan fingerprint density at radius 3 is 2.34 bits per heavy atom. The first-order chi connectivity index (χ1) is 15.3. The number of hydrogen-bond donors (Lipinski definition) is 1. The van der Waals surface area contributed by atoms with Crippen LogP contribution >= 0.6 is 0 Å². The zero-order valence-electron chi connectivity index (χ0n) is 17.2. The lowest BCUT2D eigenvalue weighted by atomic mass is 10.0. The van der Waals surface area contributed by atoms with Crippen LogP contribution in [-0.2, 0) is 14.8 Å². The van der Waals surface area contributed by atoms with Crippen LogP contribution in [0.3, 0.4) is 0 Å². The van der Waals surface area contributed by atoms with E-state index < -0.39 is 26.8 Å². The minimum atomic E-state index is -3.91. The zero-order chi connectivity index (χ0) is 22.9. The molecule has 9 nitrogen and oxygen atoms in total. The van der Waals surface area contributed by atoms with Crippen LogP contribution in [0.4, 0.5) is 10.1 Å². The molecule has 2 aliphatic rings. The number of nitro groups is 1. The molecule has 0 aromatic heterocycles. The number of rotatable bonds is 7. The molecule has 1 aliphatic heterocycles. The highest BCUT2D eigenvalue weighted by Crippen LogP contribution is 2.28. The minimum Gasteiger partial charge on any atom is -0.352 e. The molecule has 170 valence electrons. The number of halogens is 1. The van der Waals surface area contributed by atoms with Crippen molar-refractivity contribution in [3.8, 4) is 0 Å². The molecule has 32 heavy (non-hydrogen) atoms. The standard InChI is InChI=1S/C21H23FN4O5S/c22-16-6-4-15(5-7-16)20(21(27)23-17-8-9-17)24-10-12-25(13-11-24)32(30,31)19-3-1-2-18(14-19)26(28)29/h1-7,14,17,20H,8-13H2,(H,23,27). The molecule has 1 unspecified atom stereocenters. The summed E-state index contributed by atoms with van der Waals surface area (Å²) < 4.78 is 40.7. The number of non-ortho nitro benzene ring substituents is 1. The fourth-order valence-electron chi connectivity index (χ4n) is 3.79. The van der Waals surface area contributed by atoms with Crippen LogP contribution < -0.4 is 5.32 Å². The Morgan fingerprint density at radius 2 is 1.75 bits per heavy atom. The van der Waals surface area contributed by atoms with Crippen LogP contribution in [0.5, 0.6) is 0 Å². The van der Waals surface area contributed by atoms with Crippen molar-refractivity contribution in [2.75, 3.05) is 26.2 Å². The maximum Gasteiger partial charge on any atom is 0.270 e. The normalized spacial score (nSPS) is 18.8. The van der Waals surface area contributed by atoms with Crippen molar-refractivity contribution < 1.29 is 22.5 Å². The molecular formula is C21H23FN4O5S.